The second kappa shape index (κ2) is 9.79. The van der Waals surface area contributed by atoms with Crippen LogP contribution in [0.3, 0.4) is 0 Å². The van der Waals surface area contributed by atoms with Gasteiger partial charge in [0, 0.05) is 6.54 Å². The number of likely N-dealkylation sites (tertiary alicyclic amines) is 1. The molecule has 0 radical (unpaired) electrons. The van der Waals surface area contributed by atoms with Crippen LogP contribution in [-0.2, 0) is 4.79 Å². The molecule has 0 bridgehead atoms. The highest BCUT2D eigenvalue weighted by Gasteiger charge is 2.24. The first-order valence-corrected chi connectivity index (χ1v) is 9.80. The number of nitrogens with zero attached hydrogens (tertiary/aromatic N) is 1. The van der Waals surface area contributed by atoms with Crippen LogP contribution in [0.4, 0.5) is 0 Å². The third-order valence-corrected chi connectivity index (χ3v) is 5.25. The van der Waals surface area contributed by atoms with E-state index in [1.807, 2.05) is 25.3 Å². The normalized spacial score (nSPS) is 16.8. The Kier molecular flexibility index (Phi) is 7.72. The lowest BCUT2D eigenvalue weighted by Gasteiger charge is -2.26. The molecule has 2 heterocycles. The van der Waals surface area contributed by atoms with Gasteiger partial charge in [0.1, 0.15) is 6.04 Å². The molecule has 2 rings (SSSR count). The first-order valence-electron chi connectivity index (χ1n) is 8.92. The van der Waals surface area contributed by atoms with Gasteiger partial charge in [0.25, 0.3) is 5.91 Å². The summed E-state index contributed by atoms with van der Waals surface area (Å²) in [5.74, 6) is -0.211. The van der Waals surface area contributed by atoms with Gasteiger partial charge in [-0.15, -0.1) is 11.3 Å². The van der Waals surface area contributed by atoms with Crippen molar-refractivity contribution < 1.29 is 9.59 Å². The third kappa shape index (κ3) is 5.91. The van der Waals surface area contributed by atoms with Crippen LogP contribution in [0.1, 0.15) is 49.2 Å². The van der Waals surface area contributed by atoms with Gasteiger partial charge in [-0.25, -0.2) is 0 Å². The molecule has 2 N–H and O–H groups in total. The molecule has 0 spiro atoms. The average molecular weight is 352 g/mol. The number of piperidine rings is 1. The fourth-order valence-electron chi connectivity index (χ4n) is 2.96. The van der Waals surface area contributed by atoms with Crippen molar-refractivity contribution in [1.29, 1.82) is 0 Å². The van der Waals surface area contributed by atoms with Crippen molar-refractivity contribution in [2.45, 2.75) is 45.6 Å². The molecule has 1 atom stereocenters. The minimum atomic E-state index is -0.491. The SMILES string of the molecule is CC(C)C(NC(=O)c1cccs1)C(=O)NCCCN1CCCCC1. The first kappa shape index (κ1) is 18.9. The summed E-state index contributed by atoms with van der Waals surface area (Å²) in [6.45, 7) is 7.96. The van der Waals surface area contributed by atoms with Crippen LogP contribution >= 0.6 is 11.3 Å². The zero-order valence-electron chi connectivity index (χ0n) is 14.7. The minimum Gasteiger partial charge on any atom is -0.354 e. The van der Waals surface area contributed by atoms with Crippen LogP contribution in [0.25, 0.3) is 0 Å². The molecule has 24 heavy (non-hydrogen) atoms. The molecule has 0 aliphatic carbocycles. The summed E-state index contributed by atoms with van der Waals surface area (Å²) in [7, 11) is 0. The molecule has 1 aliphatic heterocycles. The fourth-order valence-corrected chi connectivity index (χ4v) is 3.59. The second-order valence-corrected chi connectivity index (χ2v) is 7.67. The second-order valence-electron chi connectivity index (χ2n) is 6.72. The highest BCUT2D eigenvalue weighted by atomic mass is 32.1. The van der Waals surface area contributed by atoms with Crippen LogP contribution < -0.4 is 10.6 Å². The van der Waals surface area contributed by atoms with Gasteiger partial charge in [-0.05, 0) is 56.3 Å². The lowest BCUT2D eigenvalue weighted by atomic mass is 10.0. The van der Waals surface area contributed by atoms with Crippen LogP contribution in [0.5, 0.6) is 0 Å². The number of thiophene rings is 1. The molecule has 1 saturated heterocycles. The van der Waals surface area contributed by atoms with E-state index >= 15 is 0 Å². The van der Waals surface area contributed by atoms with Gasteiger partial charge in [0.2, 0.25) is 5.91 Å². The Balaban J connectivity index is 1.73. The molecule has 1 aromatic heterocycles. The summed E-state index contributed by atoms with van der Waals surface area (Å²) < 4.78 is 0. The number of hydrogen-bond donors (Lipinski definition) is 2. The Labute approximate surface area is 148 Å². The Bertz CT molecular complexity index is 510. The maximum Gasteiger partial charge on any atom is 0.262 e. The van der Waals surface area contributed by atoms with Gasteiger partial charge >= 0.3 is 0 Å². The highest BCUT2D eigenvalue weighted by Crippen LogP contribution is 2.11. The van der Waals surface area contributed by atoms with Crippen molar-refractivity contribution in [2.24, 2.45) is 5.92 Å². The Morgan fingerprint density at radius 3 is 2.62 bits per heavy atom. The Hall–Kier alpha value is -1.40. The van der Waals surface area contributed by atoms with Crippen molar-refractivity contribution in [2.75, 3.05) is 26.2 Å². The summed E-state index contributed by atoms with van der Waals surface area (Å²) in [6.07, 6.45) is 4.87. The molecule has 0 aromatic carbocycles. The van der Waals surface area contributed by atoms with E-state index in [1.165, 1.54) is 43.7 Å². The van der Waals surface area contributed by atoms with Gasteiger partial charge in [-0.3, -0.25) is 9.59 Å². The van der Waals surface area contributed by atoms with E-state index in [0.717, 1.165) is 13.0 Å². The van der Waals surface area contributed by atoms with Crippen molar-refractivity contribution >= 4 is 23.2 Å². The third-order valence-electron chi connectivity index (χ3n) is 4.38. The van der Waals surface area contributed by atoms with Crippen LogP contribution in [0.2, 0.25) is 0 Å². The summed E-state index contributed by atoms with van der Waals surface area (Å²) in [5, 5.41) is 7.70. The van der Waals surface area contributed by atoms with E-state index in [2.05, 4.69) is 15.5 Å². The monoisotopic (exact) mass is 351 g/mol. The summed E-state index contributed by atoms with van der Waals surface area (Å²) >= 11 is 1.38. The fraction of sp³-hybridized carbons (Fsp3) is 0.667. The maximum atomic E-state index is 12.4. The zero-order chi connectivity index (χ0) is 17.4. The summed E-state index contributed by atoms with van der Waals surface area (Å²) in [6, 6.07) is 3.12. The Morgan fingerprint density at radius 1 is 1.25 bits per heavy atom. The minimum absolute atomic E-state index is 0.0519. The maximum absolute atomic E-state index is 12.4. The smallest absolute Gasteiger partial charge is 0.262 e. The number of carbonyl (C=O) groups is 2. The van der Waals surface area contributed by atoms with Crippen LogP contribution in [-0.4, -0.2) is 48.9 Å². The zero-order valence-corrected chi connectivity index (χ0v) is 15.5. The highest BCUT2D eigenvalue weighted by molar-refractivity contribution is 7.12. The summed E-state index contributed by atoms with van der Waals surface area (Å²) in [5.41, 5.74) is 0. The van der Waals surface area contributed by atoms with Crippen molar-refractivity contribution in [3.05, 3.63) is 22.4 Å². The standard InChI is InChI=1S/C18H29N3O2S/c1-14(2)16(20-17(22)15-8-6-13-24-15)18(23)19-9-7-12-21-10-4-3-5-11-21/h6,8,13-14,16H,3-5,7,9-12H2,1-2H3,(H,19,23)(H,20,22). The first-order chi connectivity index (χ1) is 11.6. The van der Waals surface area contributed by atoms with Gasteiger partial charge in [-0.2, -0.15) is 0 Å². The van der Waals surface area contributed by atoms with Gasteiger partial charge in [0.15, 0.2) is 0 Å². The lowest BCUT2D eigenvalue weighted by Crippen LogP contribution is -2.50. The predicted molar refractivity (Wildman–Crippen MR) is 98.3 cm³/mol. The number of rotatable bonds is 8. The molecule has 1 fully saturated rings. The summed E-state index contributed by atoms with van der Waals surface area (Å²) in [4.78, 5) is 27.7. The molecule has 1 unspecified atom stereocenters. The molecule has 0 saturated carbocycles. The lowest BCUT2D eigenvalue weighted by molar-refractivity contribution is -0.123. The van der Waals surface area contributed by atoms with Crippen LogP contribution in [0.15, 0.2) is 17.5 Å². The predicted octanol–water partition coefficient (Wildman–Crippen LogP) is 2.49. The topological polar surface area (TPSA) is 61.4 Å². The van der Waals surface area contributed by atoms with Crippen LogP contribution in [0, 0.1) is 5.92 Å². The van der Waals surface area contributed by atoms with E-state index in [-0.39, 0.29) is 17.7 Å². The molecule has 134 valence electrons. The quantitative estimate of drug-likeness (QED) is 0.708. The molecular weight excluding hydrogens is 322 g/mol. The molecule has 5 nitrogen and oxygen atoms in total. The van der Waals surface area contributed by atoms with Crippen molar-refractivity contribution in [1.82, 2.24) is 15.5 Å². The van der Waals surface area contributed by atoms with E-state index in [0.29, 0.717) is 11.4 Å². The van der Waals surface area contributed by atoms with Gasteiger partial charge in [-0.1, -0.05) is 26.3 Å². The number of hydrogen-bond acceptors (Lipinski definition) is 4. The number of amides is 2. The molecule has 1 aliphatic rings. The molecule has 2 amide bonds. The van der Waals surface area contributed by atoms with E-state index < -0.39 is 6.04 Å². The average Bonchev–Trinajstić information content (AvgIpc) is 3.11. The Morgan fingerprint density at radius 2 is 2.00 bits per heavy atom. The molecular formula is C18H29N3O2S. The van der Waals surface area contributed by atoms with Gasteiger partial charge in [0.05, 0.1) is 4.88 Å². The number of carbonyl (C=O) groups excluding carboxylic acids is 2. The van der Waals surface area contributed by atoms with E-state index in [4.69, 9.17) is 0 Å². The van der Waals surface area contributed by atoms with Crippen molar-refractivity contribution in [3.63, 3.8) is 0 Å². The van der Waals surface area contributed by atoms with Gasteiger partial charge < -0.3 is 15.5 Å². The molecule has 1 aromatic rings. The van der Waals surface area contributed by atoms with E-state index in [1.54, 1.807) is 6.07 Å². The largest absolute Gasteiger partial charge is 0.354 e. The molecule has 6 heteroatoms. The van der Waals surface area contributed by atoms with Crippen molar-refractivity contribution in [3.8, 4) is 0 Å². The number of nitrogens with one attached hydrogen (secondary N) is 2. The van der Waals surface area contributed by atoms with E-state index in [9.17, 15) is 9.59 Å².